The predicted molar refractivity (Wildman–Crippen MR) is 90.3 cm³/mol. The highest BCUT2D eigenvalue weighted by Gasteiger charge is 2.29. The Morgan fingerprint density at radius 1 is 1.48 bits per heavy atom. The van der Waals surface area contributed by atoms with E-state index in [0.29, 0.717) is 18.1 Å². The summed E-state index contributed by atoms with van der Waals surface area (Å²) in [6.07, 6.45) is 2.39. The lowest BCUT2D eigenvalue weighted by molar-refractivity contribution is 0.118. The van der Waals surface area contributed by atoms with Gasteiger partial charge in [-0.3, -0.25) is 0 Å². The number of aromatic nitrogens is 1. The van der Waals surface area contributed by atoms with Crippen LogP contribution in [0.3, 0.4) is 0 Å². The summed E-state index contributed by atoms with van der Waals surface area (Å²) in [5.74, 6) is 0.682. The number of ether oxygens (including phenoxy) is 1. The van der Waals surface area contributed by atoms with E-state index in [-0.39, 0.29) is 0 Å². The molecule has 0 spiro atoms. The second-order valence-corrected chi connectivity index (χ2v) is 7.35. The smallest absolute Gasteiger partial charge is 0.185 e. The topological polar surface area (TPSA) is 37.4 Å². The van der Waals surface area contributed by atoms with Gasteiger partial charge >= 0.3 is 0 Å². The van der Waals surface area contributed by atoms with E-state index in [4.69, 9.17) is 9.72 Å². The Hall–Kier alpha value is -0.650. The van der Waals surface area contributed by atoms with E-state index in [2.05, 4.69) is 45.0 Å². The second kappa shape index (κ2) is 7.56. The van der Waals surface area contributed by atoms with Gasteiger partial charge in [-0.15, -0.1) is 11.3 Å². The van der Waals surface area contributed by atoms with Crippen molar-refractivity contribution in [2.75, 3.05) is 25.1 Å². The minimum atomic E-state index is 0.298. The van der Waals surface area contributed by atoms with Crippen LogP contribution in [0.2, 0.25) is 0 Å². The summed E-state index contributed by atoms with van der Waals surface area (Å²) in [7, 11) is 2.15. The molecular formula is C16H29N3OS. The van der Waals surface area contributed by atoms with Crippen molar-refractivity contribution in [1.29, 1.82) is 0 Å². The van der Waals surface area contributed by atoms with Gasteiger partial charge in [0.2, 0.25) is 0 Å². The largest absolute Gasteiger partial charge is 0.376 e. The van der Waals surface area contributed by atoms with Crippen molar-refractivity contribution >= 4 is 16.5 Å². The molecule has 1 aliphatic heterocycles. The molecule has 1 N–H and O–H groups in total. The van der Waals surface area contributed by atoms with Crippen LogP contribution in [-0.2, 0) is 17.7 Å². The van der Waals surface area contributed by atoms with E-state index in [1.165, 1.54) is 10.6 Å². The molecule has 120 valence electrons. The van der Waals surface area contributed by atoms with E-state index in [1.807, 2.05) is 11.3 Å². The quantitative estimate of drug-likeness (QED) is 0.840. The zero-order valence-corrected chi connectivity index (χ0v) is 14.8. The molecule has 1 saturated heterocycles. The molecule has 0 bridgehead atoms. The highest BCUT2D eigenvalue weighted by molar-refractivity contribution is 7.15. The van der Waals surface area contributed by atoms with Gasteiger partial charge in [0.1, 0.15) is 0 Å². The van der Waals surface area contributed by atoms with E-state index in [1.54, 1.807) is 0 Å². The fourth-order valence-corrected chi connectivity index (χ4v) is 3.92. The van der Waals surface area contributed by atoms with E-state index in [0.717, 1.165) is 37.7 Å². The SMILES string of the molecule is CCc1nc(N(C)C2CCOC2C)sc1CNCC(C)C. The van der Waals surface area contributed by atoms with Crippen LogP contribution in [0.4, 0.5) is 5.13 Å². The summed E-state index contributed by atoms with van der Waals surface area (Å²) in [4.78, 5) is 8.55. The first-order chi connectivity index (χ1) is 10.0. The maximum absolute atomic E-state index is 5.69. The summed E-state index contributed by atoms with van der Waals surface area (Å²) in [5.41, 5.74) is 1.24. The van der Waals surface area contributed by atoms with Crippen LogP contribution in [-0.4, -0.2) is 37.3 Å². The number of aryl methyl sites for hydroxylation is 1. The van der Waals surface area contributed by atoms with Crippen LogP contribution < -0.4 is 10.2 Å². The van der Waals surface area contributed by atoms with Crippen LogP contribution >= 0.6 is 11.3 Å². The highest BCUT2D eigenvalue weighted by Crippen LogP contribution is 2.30. The molecule has 1 fully saturated rings. The Bertz CT molecular complexity index is 447. The van der Waals surface area contributed by atoms with Gasteiger partial charge in [-0.05, 0) is 32.2 Å². The van der Waals surface area contributed by atoms with Crippen molar-refractivity contribution in [3.05, 3.63) is 10.6 Å². The van der Waals surface area contributed by atoms with Gasteiger partial charge < -0.3 is 15.0 Å². The molecule has 2 rings (SSSR count). The lowest BCUT2D eigenvalue weighted by Gasteiger charge is -2.26. The Morgan fingerprint density at radius 3 is 2.81 bits per heavy atom. The summed E-state index contributed by atoms with van der Waals surface area (Å²) in [5, 5.41) is 4.67. The number of rotatable bonds is 7. The lowest BCUT2D eigenvalue weighted by atomic mass is 10.1. The van der Waals surface area contributed by atoms with Crippen molar-refractivity contribution < 1.29 is 4.74 Å². The second-order valence-electron chi connectivity index (χ2n) is 6.29. The van der Waals surface area contributed by atoms with E-state index >= 15 is 0 Å². The monoisotopic (exact) mass is 311 g/mol. The summed E-state index contributed by atoms with van der Waals surface area (Å²) in [6.45, 7) is 11.7. The maximum Gasteiger partial charge on any atom is 0.185 e. The molecular weight excluding hydrogens is 282 g/mol. The molecule has 21 heavy (non-hydrogen) atoms. The van der Waals surface area contributed by atoms with Gasteiger partial charge in [0, 0.05) is 25.1 Å². The number of likely N-dealkylation sites (N-methyl/N-ethyl adjacent to an activating group) is 1. The third kappa shape index (κ3) is 4.18. The summed E-state index contributed by atoms with van der Waals surface area (Å²) in [6, 6.07) is 0.456. The van der Waals surface area contributed by atoms with Gasteiger partial charge in [0.15, 0.2) is 5.13 Å². The molecule has 5 heteroatoms. The zero-order valence-electron chi connectivity index (χ0n) is 14.0. The number of hydrogen-bond donors (Lipinski definition) is 1. The molecule has 0 saturated carbocycles. The van der Waals surface area contributed by atoms with Crippen LogP contribution in [0, 0.1) is 5.92 Å². The number of nitrogens with one attached hydrogen (secondary N) is 1. The van der Waals surface area contributed by atoms with Crippen LogP contribution in [0.15, 0.2) is 0 Å². The molecule has 1 aromatic rings. The van der Waals surface area contributed by atoms with Gasteiger partial charge in [-0.1, -0.05) is 20.8 Å². The normalized spacial score (nSPS) is 22.2. The molecule has 0 radical (unpaired) electrons. The fraction of sp³-hybridized carbons (Fsp3) is 0.812. The van der Waals surface area contributed by atoms with Crippen molar-refractivity contribution in [3.63, 3.8) is 0 Å². The number of hydrogen-bond acceptors (Lipinski definition) is 5. The molecule has 2 unspecified atom stereocenters. The van der Waals surface area contributed by atoms with E-state index in [9.17, 15) is 0 Å². The van der Waals surface area contributed by atoms with Crippen LogP contribution in [0.5, 0.6) is 0 Å². The maximum atomic E-state index is 5.69. The minimum Gasteiger partial charge on any atom is -0.376 e. The van der Waals surface area contributed by atoms with Gasteiger partial charge in [0.05, 0.1) is 17.8 Å². The van der Waals surface area contributed by atoms with Crippen molar-refractivity contribution in [3.8, 4) is 0 Å². The molecule has 1 aromatic heterocycles. The number of thiazole rings is 1. The lowest BCUT2D eigenvalue weighted by Crippen LogP contribution is -2.36. The molecule has 1 aliphatic rings. The fourth-order valence-electron chi connectivity index (χ4n) is 2.78. The molecule has 4 nitrogen and oxygen atoms in total. The van der Waals surface area contributed by atoms with Gasteiger partial charge in [0.25, 0.3) is 0 Å². The van der Waals surface area contributed by atoms with Crippen LogP contribution in [0.1, 0.15) is 44.7 Å². The first kappa shape index (κ1) is 16.7. The number of nitrogens with zero attached hydrogens (tertiary/aromatic N) is 2. The van der Waals surface area contributed by atoms with Crippen molar-refractivity contribution in [2.45, 2.75) is 59.2 Å². The summed E-state index contributed by atoms with van der Waals surface area (Å²) < 4.78 is 5.69. The summed E-state index contributed by atoms with van der Waals surface area (Å²) >= 11 is 1.83. The average Bonchev–Trinajstić information content (AvgIpc) is 3.04. The Labute approximate surface area is 132 Å². The first-order valence-corrected chi connectivity index (χ1v) is 8.88. The molecule has 2 heterocycles. The average molecular weight is 311 g/mol. The first-order valence-electron chi connectivity index (χ1n) is 8.06. The molecule has 0 amide bonds. The predicted octanol–water partition coefficient (Wildman–Crippen LogP) is 3.06. The Morgan fingerprint density at radius 2 is 2.24 bits per heavy atom. The standard InChI is InChI=1S/C16H29N3OS/c1-6-13-15(10-17-9-11(2)3)21-16(18-13)19(5)14-7-8-20-12(14)4/h11-12,14,17H,6-10H2,1-5H3. The third-order valence-electron chi connectivity index (χ3n) is 4.08. The Balaban J connectivity index is 2.04. The number of anilines is 1. The van der Waals surface area contributed by atoms with Gasteiger partial charge in [-0.25, -0.2) is 4.98 Å². The highest BCUT2D eigenvalue weighted by atomic mass is 32.1. The van der Waals surface area contributed by atoms with E-state index < -0.39 is 0 Å². The third-order valence-corrected chi connectivity index (χ3v) is 5.26. The zero-order chi connectivity index (χ0) is 15.4. The van der Waals surface area contributed by atoms with Crippen LogP contribution in [0.25, 0.3) is 0 Å². The van der Waals surface area contributed by atoms with Crippen molar-refractivity contribution in [2.24, 2.45) is 5.92 Å². The Kier molecular flexibility index (Phi) is 6.02. The van der Waals surface area contributed by atoms with Gasteiger partial charge in [-0.2, -0.15) is 0 Å². The molecule has 0 aromatic carbocycles. The molecule has 2 atom stereocenters. The minimum absolute atomic E-state index is 0.298. The molecule has 0 aliphatic carbocycles. The van der Waals surface area contributed by atoms with Crippen molar-refractivity contribution in [1.82, 2.24) is 10.3 Å².